The number of hydrogen-bond acceptors (Lipinski definition) is 3. The highest BCUT2D eigenvalue weighted by Crippen LogP contribution is 2.33. The van der Waals surface area contributed by atoms with E-state index in [2.05, 4.69) is 20.7 Å². The van der Waals surface area contributed by atoms with Gasteiger partial charge in [-0.25, -0.2) is 8.42 Å². The van der Waals surface area contributed by atoms with Crippen LogP contribution in [0.15, 0.2) is 39.7 Å². The molecule has 0 aliphatic heterocycles. The van der Waals surface area contributed by atoms with Crippen molar-refractivity contribution in [1.29, 1.82) is 0 Å². The maximum atomic E-state index is 12.5. The SMILES string of the molecule is Cc1cc(Br)c(N)cc1S(=O)(=O)Nc1c(Cl)cccc1Cl. The molecule has 0 amide bonds. The molecular weight excluding hydrogens is 399 g/mol. The van der Waals surface area contributed by atoms with Crippen molar-refractivity contribution in [2.45, 2.75) is 11.8 Å². The summed E-state index contributed by atoms with van der Waals surface area (Å²) in [6.07, 6.45) is 0. The summed E-state index contributed by atoms with van der Waals surface area (Å²) >= 11 is 15.2. The highest BCUT2D eigenvalue weighted by molar-refractivity contribution is 9.10. The van der Waals surface area contributed by atoms with Crippen molar-refractivity contribution in [3.05, 3.63) is 50.4 Å². The zero-order valence-corrected chi connectivity index (χ0v) is 14.7. The summed E-state index contributed by atoms with van der Waals surface area (Å²) in [7, 11) is -3.85. The molecule has 0 atom stereocenters. The van der Waals surface area contributed by atoms with Crippen molar-refractivity contribution in [3.8, 4) is 0 Å². The van der Waals surface area contributed by atoms with Crippen LogP contribution < -0.4 is 10.5 Å². The normalized spacial score (nSPS) is 11.4. The first kappa shape index (κ1) is 16.4. The Morgan fingerprint density at radius 2 is 1.76 bits per heavy atom. The van der Waals surface area contributed by atoms with E-state index in [0.29, 0.717) is 15.7 Å². The number of hydrogen-bond donors (Lipinski definition) is 2. The van der Waals surface area contributed by atoms with E-state index in [0.717, 1.165) is 0 Å². The van der Waals surface area contributed by atoms with E-state index in [4.69, 9.17) is 28.9 Å². The number of nitrogens with two attached hydrogens (primary N) is 1. The van der Waals surface area contributed by atoms with E-state index in [1.807, 2.05) is 0 Å². The summed E-state index contributed by atoms with van der Waals surface area (Å²) in [4.78, 5) is 0.0687. The Kier molecular flexibility index (Phi) is 4.72. The predicted octanol–water partition coefficient (Wildman–Crippen LogP) is 4.45. The first-order valence-electron chi connectivity index (χ1n) is 5.75. The van der Waals surface area contributed by atoms with Crippen LogP contribution in [-0.4, -0.2) is 8.42 Å². The molecule has 2 rings (SSSR count). The van der Waals surface area contributed by atoms with Crippen molar-refractivity contribution < 1.29 is 8.42 Å². The van der Waals surface area contributed by atoms with Gasteiger partial charge in [-0.05, 0) is 52.7 Å². The van der Waals surface area contributed by atoms with Gasteiger partial charge < -0.3 is 5.73 Å². The van der Waals surface area contributed by atoms with Crippen LogP contribution >= 0.6 is 39.1 Å². The smallest absolute Gasteiger partial charge is 0.262 e. The Hall–Kier alpha value is -0.950. The Balaban J connectivity index is 2.51. The van der Waals surface area contributed by atoms with Crippen LogP contribution in [-0.2, 0) is 10.0 Å². The molecule has 2 aromatic rings. The van der Waals surface area contributed by atoms with Gasteiger partial charge in [-0.15, -0.1) is 0 Å². The lowest BCUT2D eigenvalue weighted by molar-refractivity contribution is 0.600. The number of nitrogen functional groups attached to an aromatic ring is 1. The minimum atomic E-state index is -3.85. The molecular formula is C13H11BrCl2N2O2S. The Bertz CT molecular complexity index is 790. The molecule has 0 fully saturated rings. The zero-order chi connectivity index (χ0) is 15.8. The van der Waals surface area contributed by atoms with Crippen LogP contribution in [0.2, 0.25) is 10.0 Å². The number of halogens is 3. The van der Waals surface area contributed by atoms with Crippen LogP contribution in [0.5, 0.6) is 0 Å². The van der Waals surface area contributed by atoms with Gasteiger partial charge in [0.25, 0.3) is 10.0 Å². The monoisotopic (exact) mass is 408 g/mol. The van der Waals surface area contributed by atoms with Gasteiger partial charge in [0.2, 0.25) is 0 Å². The molecule has 0 aromatic heterocycles. The summed E-state index contributed by atoms with van der Waals surface area (Å²) in [6, 6.07) is 7.75. The van der Waals surface area contributed by atoms with Gasteiger partial charge in [-0.1, -0.05) is 29.3 Å². The number of sulfonamides is 1. The molecule has 0 unspecified atom stereocenters. The minimum absolute atomic E-state index is 0.0687. The average molecular weight is 410 g/mol. The van der Waals surface area contributed by atoms with Gasteiger partial charge >= 0.3 is 0 Å². The lowest BCUT2D eigenvalue weighted by atomic mass is 10.2. The van der Waals surface area contributed by atoms with Gasteiger partial charge in [0.05, 0.1) is 20.6 Å². The largest absolute Gasteiger partial charge is 0.398 e. The van der Waals surface area contributed by atoms with Crippen molar-refractivity contribution in [2.24, 2.45) is 0 Å². The summed E-state index contributed by atoms with van der Waals surface area (Å²) in [5.41, 5.74) is 6.76. The molecule has 0 radical (unpaired) electrons. The molecule has 0 heterocycles. The first-order valence-corrected chi connectivity index (χ1v) is 8.78. The first-order chi connectivity index (χ1) is 9.72. The quantitative estimate of drug-likeness (QED) is 0.735. The third-order valence-corrected chi connectivity index (χ3v) is 5.59. The standard InChI is InChI=1S/C13H11BrCl2N2O2S/c1-7-5-8(14)11(17)6-12(7)21(19,20)18-13-9(15)3-2-4-10(13)16/h2-6,18H,17H2,1H3. The third-order valence-electron chi connectivity index (χ3n) is 2.78. The fraction of sp³-hybridized carbons (Fsp3) is 0.0769. The van der Waals surface area contributed by atoms with Crippen LogP contribution in [0.1, 0.15) is 5.56 Å². The second-order valence-corrected chi connectivity index (χ2v) is 7.66. The van der Waals surface area contributed by atoms with Gasteiger partial charge in [0.15, 0.2) is 0 Å². The van der Waals surface area contributed by atoms with E-state index in [1.165, 1.54) is 6.07 Å². The molecule has 0 spiro atoms. The fourth-order valence-electron chi connectivity index (χ4n) is 1.74. The number of aryl methyl sites for hydroxylation is 1. The fourth-order valence-corrected chi connectivity index (χ4v) is 4.17. The van der Waals surface area contributed by atoms with Gasteiger partial charge in [-0.2, -0.15) is 0 Å². The molecule has 0 aliphatic carbocycles. The lowest BCUT2D eigenvalue weighted by Gasteiger charge is -2.14. The molecule has 0 aliphatic rings. The minimum Gasteiger partial charge on any atom is -0.398 e. The van der Waals surface area contributed by atoms with E-state index in [-0.39, 0.29) is 20.6 Å². The molecule has 8 heteroatoms. The molecule has 0 saturated heterocycles. The maximum Gasteiger partial charge on any atom is 0.262 e. The molecule has 2 aromatic carbocycles. The molecule has 4 nitrogen and oxygen atoms in total. The van der Waals surface area contributed by atoms with Gasteiger partial charge in [0, 0.05) is 10.2 Å². The van der Waals surface area contributed by atoms with Crippen molar-refractivity contribution in [2.75, 3.05) is 10.5 Å². The predicted molar refractivity (Wildman–Crippen MR) is 90.6 cm³/mol. The number of anilines is 2. The zero-order valence-electron chi connectivity index (χ0n) is 10.8. The Morgan fingerprint density at radius 3 is 2.33 bits per heavy atom. The van der Waals surface area contributed by atoms with E-state index in [1.54, 1.807) is 31.2 Å². The van der Waals surface area contributed by atoms with Crippen LogP contribution in [0.4, 0.5) is 11.4 Å². The van der Waals surface area contributed by atoms with Gasteiger partial charge in [-0.3, -0.25) is 4.72 Å². The molecule has 3 N–H and O–H groups in total. The number of benzene rings is 2. The lowest BCUT2D eigenvalue weighted by Crippen LogP contribution is -2.15. The molecule has 0 bridgehead atoms. The summed E-state index contributed by atoms with van der Waals surface area (Å²) < 4.78 is 28.0. The van der Waals surface area contributed by atoms with E-state index < -0.39 is 10.0 Å². The maximum absolute atomic E-state index is 12.5. The number of rotatable bonds is 3. The highest BCUT2D eigenvalue weighted by Gasteiger charge is 2.21. The number of nitrogens with one attached hydrogen (secondary N) is 1. The van der Waals surface area contributed by atoms with Crippen LogP contribution in [0.25, 0.3) is 0 Å². The molecule has 0 saturated carbocycles. The van der Waals surface area contributed by atoms with Crippen molar-refractivity contribution in [1.82, 2.24) is 0 Å². The van der Waals surface area contributed by atoms with E-state index in [9.17, 15) is 8.42 Å². The topological polar surface area (TPSA) is 72.2 Å². The van der Waals surface area contributed by atoms with Crippen molar-refractivity contribution in [3.63, 3.8) is 0 Å². The number of para-hydroxylation sites is 1. The third kappa shape index (κ3) is 3.45. The second kappa shape index (κ2) is 6.04. The molecule has 21 heavy (non-hydrogen) atoms. The van der Waals surface area contributed by atoms with Crippen LogP contribution in [0.3, 0.4) is 0 Å². The Labute approximate surface area is 141 Å². The summed E-state index contributed by atoms with van der Waals surface area (Å²) in [6.45, 7) is 1.67. The summed E-state index contributed by atoms with van der Waals surface area (Å²) in [5.74, 6) is 0. The Morgan fingerprint density at radius 1 is 1.19 bits per heavy atom. The average Bonchev–Trinajstić information content (AvgIpc) is 2.38. The summed E-state index contributed by atoms with van der Waals surface area (Å²) in [5, 5.41) is 0.433. The highest BCUT2D eigenvalue weighted by atomic mass is 79.9. The van der Waals surface area contributed by atoms with Crippen molar-refractivity contribution >= 4 is 60.5 Å². The van der Waals surface area contributed by atoms with Gasteiger partial charge in [0.1, 0.15) is 0 Å². The molecule has 112 valence electrons. The van der Waals surface area contributed by atoms with Crippen LogP contribution in [0, 0.1) is 6.92 Å². The van der Waals surface area contributed by atoms with E-state index >= 15 is 0 Å². The second-order valence-electron chi connectivity index (χ2n) is 4.34.